The van der Waals surface area contributed by atoms with E-state index in [2.05, 4.69) is 128 Å². The highest BCUT2D eigenvalue weighted by atomic mass is 16.3. The van der Waals surface area contributed by atoms with E-state index in [0.29, 0.717) is 17.8 Å². The molecule has 0 bridgehead atoms. The lowest BCUT2D eigenvalue weighted by Gasteiger charge is -2.35. The molecule has 6 rings (SSSR count). The number of benzene rings is 3. The lowest BCUT2D eigenvalue weighted by atomic mass is 9.67. The highest BCUT2D eigenvalue weighted by Gasteiger charge is 2.46. The normalized spacial score (nSPS) is 14.2. The molecule has 2 heteroatoms. The smallest absolute Gasteiger partial charge is 0.216 e. The van der Waals surface area contributed by atoms with E-state index in [4.69, 9.17) is 4.42 Å². The maximum Gasteiger partial charge on any atom is 0.216 e. The zero-order valence-electron chi connectivity index (χ0n) is 25.8. The third kappa shape index (κ3) is 3.94. The van der Waals surface area contributed by atoms with Gasteiger partial charge < -0.3 is 4.42 Å². The van der Waals surface area contributed by atoms with Crippen LogP contribution in [0.5, 0.6) is 0 Å². The average molecular weight is 531 g/mol. The van der Waals surface area contributed by atoms with Crippen LogP contribution in [0.3, 0.4) is 0 Å². The van der Waals surface area contributed by atoms with E-state index in [0.717, 1.165) is 24.0 Å². The van der Waals surface area contributed by atoms with Gasteiger partial charge in [0.15, 0.2) is 6.20 Å². The second kappa shape index (κ2) is 9.61. The monoisotopic (exact) mass is 530 g/mol. The molecule has 1 aliphatic carbocycles. The molecule has 0 radical (unpaired) electrons. The first-order valence-electron chi connectivity index (χ1n) is 15.1. The Morgan fingerprint density at radius 1 is 0.750 bits per heavy atom. The predicted octanol–water partition coefficient (Wildman–Crippen LogP) is 10.2. The maximum atomic E-state index is 7.18. The van der Waals surface area contributed by atoms with Crippen molar-refractivity contribution in [2.45, 2.75) is 79.6 Å². The van der Waals surface area contributed by atoms with Crippen LogP contribution in [0, 0.1) is 25.7 Å². The molecule has 0 aliphatic heterocycles. The zero-order chi connectivity index (χ0) is 28.5. The Morgan fingerprint density at radius 2 is 1.40 bits per heavy atom. The lowest BCUT2D eigenvalue weighted by Crippen LogP contribution is -2.32. The molecule has 0 spiro atoms. The van der Waals surface area contributed by atoms with E-state index in [1.165, 1.54) is 61.0 Å². The van der Waals surface area contributed by atoms with Crippen LogP contribution in [0.25, 0.3) is 44.3 Å². The minimum Gasteiger partial charge on any atom is -0.455 e. The molecule has 0 fully saturated rings. The molecule has 40 heavy (non-hydrogen) atoms. The fourth-order valence-electron chi connectivity index (χ4n) is 7.86. The van der Waals surface area contributed by atoms with Crippen molar-refractivity contribution >= 4 is 21.9 Å². The van der Waals surface area contributed by atoms with Gasteiger partial charge in [-0.05, 0) is 78.3 Å². The van der Waals surface area contributed by atoms with E-state index < -0.39 is 0 Å². The number of hydrogen-bond donors (Lipinski definition) is 0. The fourth-order valence-corrected chi connectivity index (χ4v) is 7.86. The first kappa shape index (κ1) is 26.8. The summed E-state index contributed by atoms with van der Waals surface area (Å²) in [5.41, 5.74) is 14.0. The highest BCUT2D eigenvalue weighted by molar-refractivity contribution is 6.12. The molecule has 0 saturated carbocycles. The van der Waals surface area contributed by atoms with E-state index in [-0.39, 0.29) is 5.41 Å². The summed E-state index contributed by atoms with van der Waals surface area (Å²) < 4.78 is 9.46. The summed E-state index contributed by atoms with van der Waals surface area (Å²) in [7, 11) is 2.16. The topological polar surface area (TPSA) is 17.0 Å². The number of hydrogen-bond acceptors (Lipinski definition) is 1. The number of aryl methyl sites for hydroxylation is 3. The number of fused-ring (bicyclic) bond motifs is 7. The lowest BCUT2D eigenvalue weighted by molar-refractivity contribution is -0.660. The fraction of sp³-hybridized carbons (Fsp3) is 0.395. The first-order chi connectivity index (χ1) is 19.0. The zero-order valence-corrected chi connectivity index (χ0v) is 25.8. The Bertz CT molecular complexity index is 1750. The Hall–Kier alpha value is -3.39. The third-order valence-electron chi connectivity index (χ3n) is 9.14. The van der Waals surface area contributed by atoms with Gasteiger partial charge in [-0.3, -0.25) is 0 Å². The third-order valence-corrected chi connectivity index (χ3v) is 9.14. The molecule has 5 aromatic rings. The molecule has 0 saturated heterocycles. The summed E-state index contributed by atoms with van der Waals surface area (Å²) in [4.78, 5) is 0. The van der Waals surface area contributed by atoms with E-state index in [1.54, 1.807) is 0 Å². The van der Waals surface area contributed by atoms with Crippen molar-refractivity contribution in [2.75, 3.05) is 0 Å². The summed E-state index contributed by atoms with van der Waals surface area (Å²) >= 11 is 0. The van der Waals surface area contributed by atoms with Crippen molar-refractivity contribution < 1.29 is 8.98 Å². The summed E-state index contributed by atoms with van der Waals surface area (Å²) in [5.74, 6) is 1.59. The molecule has 2 nitrogen and oxygen atoms in total. The van der Waals surface area contributed by atoms with Crippen molar-refractivity contribution in [3.8, 4) is 22.4 Å². The quantitative estimate of drug-likeness (QED) is 0.200. The van der Waals surface area contributed by atoms with Gasteiger partial charge in [0.25, 0.3) is 0 Å². The Morgan fingerprint density at radius 3 is 2.08 bits per heavy atom. The second-order valence-electron chi connectivity index (χ2n) is 13.5. The van der Waals surface area contributed by atoms with E-state index in [1.807, 2.05) is 0 Å². The van der Waals surface area contributed by atoms with Crippen LogP contribution in [0.15, 0.2) is 65.2 Å². The minimum absolute atomic E-state index is 0.0593. The van der Waals surface area contributed by atoms with Gasteiger partial charge in [-0.25, -0.2) is 4.57 Å². The largest absolute Gasteiger partial charge is 0.455 e. The molecule has 2 aromatic heterocycles. The summed E-state index contributed by atoms with van der Waals surface area (Å²) in [6.45, 7) is 18.5. The molecule has 0 N–H and O–H groups in total. The highest BCUT2D eigenvalue weighted by Crippen LogP contribution is 2.58. The van der Waals surface area contributed by atoms with Crippen molar-refractivity contribution in [2.24, 2.45) is 18.9 Å². The molecular formula is C38H44NO+. The van der Waals surface area contributed by atoms with Gasteiger partial charge in [0.2, 0.25) is 5.69 Å². The van der Waals surface area contributed by atoms with E-state index in [9.17, 15) is 0 Å². The minimum atomic E-state index is -0.0593. The molecule has 0 atom stereocenters. The number of rotatable bonds is 6. The summed E-state index contributed by atoms with van der Waals surface area (Å²) in [6, 6.07) is 20.7. The van der Waals surface area contributed by atoms with Gasteiger partial charge in [-0.1, -0.05) is 84.0 Å². The van der Waals surface area contributed by atoms with Crippen molar-refractivity contribution in [3.05, 3.63) is 88.6 Å². The number of furan rings is 1. The van der Waals surface area contributed by atoms with Crippen molar-refractivity contribution in [1.82, 2.24) is 0 Å². The maximum absolute atomic E-state index is 7.18. The predicted molar refractivity (Wildman–Crippen MR) is 169 cm³/mol. The van der Waals surface area contributed by atoms with Gasteiger partial charge in [0, 0.05) is 33.4 Å². The summed E-state index contributed by atoms with van der Waals surface area (Å²) in [5, 5.41) is 2.45. The SMILES string of the molecule is Cc1c[n+](C)c(-c2c(C)ccc3c2oc2c4c(ccc23)-c2ccccc2C4(CC(C)C)CC(C)C)cc1C(C)C. The van der Waals surface area contributed by atoms with Crippen LogP contribution < -0.4 is 4.57 Å². The molecule has 1 aliphatic rings. The number of aromatic nitrogens is 1. The Balaban J connectivity index is 1.72. The van der Waals surface area contributed by atoms with Crippen LogP contribution in [0.1, 0.15) is 88.1 Å². The molecule has 0 amide bonds. The van der Waals surface area contributed by atoms with Crippen LogP contribution in [-0.2, 0) is 12.5 Å². The van der Waals surface area contributed by atoms with Crippen molar-refractivity contribution in [3.63, 3.8) is 0 Å². The van der Waals surface area contributed by atoms with E-state index >= 15 is 0 Å². The average Bonchev–Trinajstić information content (AvgIpc) is 3.37. The molecule has 0 unspecified atom stereocenters. The van der Waals surface area contributed by atoms with Gasteiger partial charge in [0.1, 0.15) is 18.2 Å². The molecule has 3 aromatic carbocycles. The van der Waals surface area contributed by atoms with Crippen LogP contribution in [0.2, 0.25) is 0 Å². The standard InChI is InChI=1S/C38H44NO/c1-22(2)19-38(20-23(3)4)32-13-11-10-12-27(32)28-16-17-30-29-15-14-25(7)34(36(29)40-37(30)35(28)38)33-18-31(24(5)6)26(8)21-39(33)9/h10-18,21-24H,19-20H2,1-9H3/q+1. The van der Waals surface area contributed by atoms with Crippen LogP contribution in [-0.4, -0.2) is 0 Å². The second-order valence-corrected chi connectivity index (χ2v) is 13.5. The number of nitrogens with zero attached hydrogens (tertiary/aromatic N) is 1. The van der Waals surface area contributed by atoms with Gasteiger partial charge in [0.05, 0.1) is 5.56 Å². The van der Waals surface area contributed by atoms with Gasteiger partial charge >= 0.3 is 0 Å². The number of pyridine rings is 1. The molecule has 2 heterocycles. The van der Waals surface area contributed by atoms with Crippen LogP contribution >= 0.6 is 0 Å². The van der Waals surface area contributed by atoms with Gasteiger partial charge in [-0.15, -0.1) is 0 Å². The Labute approximate surface area is 240 Å². The molecular weight excluding hydrogens is 486 g/mol. The van der Waals surface area contributed by atoms with Crippen LogP contribution in [0.4, 0.5) is 0 Å². The van der Waals surface area contributed by atoms with Crippen molar-refractivity contribution in [1.29, 1.82) is 0 Å². The Kier molecular flexibility index (Phi) is 6.44. The summed E-state index contributed by atoms with van der Waals surface area (Å²) in [6.07, 6.45) is 4.50. The molecule has 206 valence electrons. The van der Waals surface area contributed by atoms with Gasteiger partial charge in [-0.2, -0.15) is 0 Å². The first-order valence-corrected chi connectivity index (χ1v) is 15.1.